The van der Waals surface area contributed by atoms with Crippen LogP contribution in [-0.2, 0) is 19.1 Å². The second-order valence-corrected chi connectivity index (χ2v) is 9.38. The van der Waals surface area contributed by atoms with E-state index in [1.54, 1.807) is 0 Å². The number of rotatable bonds is 6. The van der Waals surface area contributed by atoms with E-state index in [1.165, 1.54) is 18.9 Å². The van der Waals surface area contributed by atoms with Gasteiger partial charge in [0.05, 0.1) is 44.1 Å². The lowest BCUT2D eigenvalue weighted by Gasteiger charge is -2.37. The van der Waals surface area contributed by atoms with Crippen LogP contribution in [0.1, 0.15) is 24.9 Å². The molecule has 0 saturated carbocycles. The van der Waals surface area contributed by atoms with Crippen molar-refractivity contribution in [2.75, 3.05) is 33.4 Å². The molecule has 9 heteroatoms. The number of fused-ring (bicyclic) bond motifs is 1. The summed E-state index contributed by atoms with van der Waals surface area (Å²) in [6.07, 6.45) is 0.205. The van der Waals surface area contributed by atoms with E-state index >= 15 is 0 Å². The number of aliphatic imine (C=N–C) groups is 1. The molecule has 2 aromatic rings. The summed E-state index contributed by atoms with van der Waals surface area (Å²) in [4.78, 5) is 34.6. The number of nitrogens with zero attached hydrogens (tertiary/aromatic N) is 3. The number of ether oxygens (including phenoxy) is 3. The number of hydrogen-bond acceptors (Lipinski definition) is 8. The lowest BCUT2D eigenvalue weighted by molar-refractivity contribution is -0.136. The van der Waals surface area contributed by atoms with Gasteiger partial charge < -0.3 is 24.0 Å². The third kappa shape index (κ3) is 4.89. The Hall–Kier alpha value is -3.56. The highest BCUT2D eigenvalue weighted by Gasteiger charge is 2.41. The Morgan fingerprint density at radius 2 is 1.83 bits per heavy atom. The Labute approximate surface area is 214 Å². The van der Waals surface area contributed by atoms with Crippen LogP contribution >= 0.6 is 11.8 Å². The molecule has 186 valence electrons. The van der Waals surface area contributed by atoms with Crippen LogP contribution < -0.4 is 4.74 Å². The molecular formula is C27H27N3O5S. The fourth-order valence-corrected chi connectivity index (χ4v) is 5.47. The zero-order valence-corrected chi connectivity index (χ0v) is 21.0. The van der Waals surface area contributed by atoms with E-state index in [2.05, 4.69) is 4.99 Å². The molecule has 0 spiro atoms. The highest BCUT2D eigenvalue weighted by molar-refractivity contribution is 8.16. The highest BCUT2D eigenvalue weighted by atomic mass is 32.2. The van der Waals surface area contributed by atoms with E-state index in [4.69, 9.17) is 14.2 Å². The van der Waals surface area contributed by atoms with E-state index in [0.717, 1.165) is 16.4 Å². The van der Waals surface area contributed by atoms with Gasteiger partial charge in [-0.25, -0.2) is 9.79 Å². The average molecular weight is 506 g/mol. The van der Waals surface area contributed by atoms with Crippen LogP contribution in [0.2, 0.25) is 0 Å². The number of esters is 1. The predicted octanol–water partition coefficient (Wildman–Crippen LogP) is 4.48. The summed E-state index contributed by atoms with van der Waals surface area (Å²) in [7, 11) is 1.37. The molecule has 0 aliphatic carbocycles. The van der Waals surface area contributed by atoms with Crippen molar-refractivity contribution in [3.8, 4) is 11.5 Å². The first kappa shape index (κ1) is 24.1. The third-order valence-electron chi connectivity index (χ3n) is 6.25. The van der Waals surface area contributed by atoms with Gasteiger partial charge in [0, 0.05) is 18.8 Å². The van der Waals surface area contributed by atoms with E-state index in [-0.39, 0.29) is 12.3 Å². The molecule has 0 aromatic heterocycles. The Morgan fingerprint density at radius 1 is 1.08 bits per heavy atom. The molecule has 36 heavy (non-hydrogen) atoms. The standard InChI is InChI=1S/C27H27N3O5S/c1-18-24(26(32)33-2)25(19-7-6-10-22(15-19)35-21-8-4-3-5-9-21)30-20(17-36-27(30)28-18)16-23(31)29-11-13-34-14-12-29/h3-10,15,17,25H,11-14,16H2,1-2H3. The van der Waals surface area contributed by atoms with Crippen LogP contribution in [0.15, 0.2) is 82.0 Å². The van der Waals surface area contributed by atoms with Crippen molar-refractivity contribution < 1.29 is 23.8 Å². The van der Waals surface area contributed by atoms with Gasteiger partial charge >= 0.3 is 5.97 Å². The molecular weight excluding hydrogens is 478 g/mol. The Balaban J connectivity index is 1.49. The molecule has 1 unspecified atom stereocenters. The molecule has 0 bridgehead atoms. The first-order valence-corrected chi connectivity index (χ1v) is 12.6. The quantitative estimate of drug-likeness (QED) is 0.536. The van der Waals surface area contributed by atoms with Crippen molar-refractivity contribution in [3.05, 3.63) is 82.5 Å². The van der Waals surface area contributed by atoms with Crippen LogP contribution in [0.3, 0.4) is 0 Å². The molecule has 0 N–H and O–H groups in total. The van der Waals surface area contributed by atoms with Crippen molar-refractivity contribution in [2.45, 2.75) is 19.4 Å². The van der Waals surface area contributed by atoms with Crippen LogP contribution in [0, 0.1) is 0 Å². The van der Waals surface area contributed by atoms with Crippen molar-refractivity contribution in [2.24, 2.45) is 4.99 Å². The maximum Gasteiger partial charge on any atom is 0.338 e. The highest BCUT2D eigenvalue weighted by Crippen LogP contribution is 2.45. The van der Waals surface area contributed by atoms with E-state index < -0.39 is 12.0 Å². The minimum atomic E-state index is -0.511. The van der Waals surface area contributed by atoms with Crippen molar-refractivity contribution in [1.29, 1.82) is 0 Å². The summed E-state index contributed by atoms with van der Waals surface area (Å²) in [5.74, 6) is 0.933. The summed E-state index contributed by atoms with van der Waals surface area (Å²) >= 11 is 1.45. The Morgan fingerprint density at radius 3 is 2.58 bits per heavy atom. The molecule has 1 amide bonds. The second kappa shape index (κ2) is 10.6. The SMILES string of the molecule is COC(=O)C1=C(C)N=C2SC=C(CC(=O)N3CCOCC3)N2C1c1cccc(Oc2ccccc2)c1. The van der Waals surface area contributed by atoms with Crippen LogP contribution in [0.4, 0.5) is 0 Å². The van der Waals surface area contributed by atoms with Gasteiger partial charge in [-0.2, -0.15) is 0 Å². The number of benzene rings is 2. The fourth-order valence-electron chi connectivity index (χ4n) is 4.51. The van der Waals surface area contributed by atoms with E-state index in [1.807, 2.05) is 76.7 Å². The van der Waals surface area contributed by atoms with Gasteiger partial charge in [0.2, 0.25) is 5.91 Å². The lowest BCUT2D eigenvalue weighted by Crippen LogP contribution is -2.42. The molecule has 1 fully saturated rings. The molecule has 8 nitrogen and oxygen atoms in total. The first-order valence-electron chi connectivity index (χ1n) is 11.8. The lowest BCUT2D eigenvalue weighted by atomic mass is 9.93. The summed E-state index contributed by atoms with van der Waals surface area (Å²) in [5, 5.41) is 2.67. The fraction of sp³-hybridized carbons (Fsp3) is 0.296. The number of carbonyl (C=O) groups is 2. The molecule has 3 heterocycles. The van der Waals surface area contributed by atoms with Crippen LogP contribution in [0.25, 0.3) is 0 Å². The number of thioether (sulfide) groups is 1. The van der Waals surface area contributed by atoms with Gasteiger partial charge in [0.25, 0.3) is 0 Å². The number of para-hydroxylation sites is 1. The van der Waals surface area contributed by atoms with Crippen molar-refractivity contribution in [1.82, 2.24) is 9.80 Å². The summed E-state index contributed by atoms with van der Waals surface area (Å²) in [6.45, 7) is 4.05. The molecule has 5 rings (SSSR count). The average Bonchev–Trinajstić information content (AvgIpc) is 3.30. The van der Waals surface area contributed by atoms with Gasteiger partial charge in [-0.15, -0.1) is 0 Å². The minimum Gasteiger partial charge on any atom is -0.466 e. The molecule has 3 aliphatic heterocycles. The van der Waals surface area contributed by atoms with E-state index in [0.29, 0.717) is 49.1 Å². The summed E-state index contributed by atoms with van der Waals surface area (Å²) < 4.78 is 16.6. The molecule has 1 saturated heterocycles. The molecule has 0 radical (unpaired) electrons. The molecule has 3 aliphatic rings. The normalized spacial score (nSPS) is 19.4. The zero-order chi connectivity index (χ0) is 25.1. The van der Waals surface area contributed by atoms with Crippen LogP contribution in [-0.4, -0.2) is 60.3 Å². The van der Waals surface area contributed by atoms with Crippen molar-refractivity contribution in [3.63, 3.8) is 0 Å². The number of methoxy groups -OCH3 is 1. The third-order valence-corrected chi connectivity index (χ3v) is 7.14. The van der Waals surface area contributed by atoms with E-state index in [9.17, 15) is 9.59 Å². The Kier molecular flexibility index (Phi) is 7.11. The van der Waals surface area contributed by atoms with Gasteiger partial charge in [0.1, 0.15) is 11.5 Å². The number of amides is 1. The predicted molar refractivity (Wildman–Crippen MR) is 137 cm³/mol. The number of carbonyl (C=O) groups excluding carboxylic acids is 2. The van der Waals surface area contributed by atoms with Crippen molar-refractivity contribution >= 4 is 28.8 Å². The monoisotopic (exact) mass is 505 g/mol. The minimum absolute atomic E-state index is 0.0252. The van der Waals surface area contributed by atoms with Gasteiger partial charge in [-0.1, -0.05) is 42.1 Å². The van der Waals surface area contributed by atoms with Gasteiger partial charge in [-0.05, 0) is 42.2 Å². The number of allylic oxidation sites excluding steroid dienone is 1. The molecule has 1 atom stereocenters. The van der Waals surface area contributed by atoms with Gasteiger partial charge in [0.15, 0.2) is 5.17 Å². The second-order valence-electron chi connectivity index (χ2n) is 8.54. The Bertz CT molecular complexity index is 1250. The number of hydrogen-bond donors (Lipinski definition) is 0. The topological polar surface area (TPSA) is 80.7 Å². The summed E-state index contributed by atoms with van der Waals surface area (Å²) in [5.41, 5.74) is 2.66. The summed E-state index contributed by atoms with van der Waals surface area (Å²) in [6, 6.07) is 16.7. The number of amidine groups is 1. The molecule has 2 aromatic carbocycles. The van der Waals surface area contributed by atoms with Gasteiger partial charge in [-0.3, -0.25) is 4.79 Å². The first-order chi connectivity index (χ1) is 17.5. The number of morpholine rings is 1. The smallest absolute Gasteiger partial charge is 0.338 e. The van der Waals surface area contributed by atoms with Crippen LogP contribution in [0.5, 0.6) is 11.5 Å². The maximum atomic E-state index is 13.1. The largest absolute Gasteiger partial charge is 0.466 e. The maximum absolute atomic E-state index is 13.1. The zero-order valence-electron chi connectivity index (χ0n) is 20.2.